The fourth-order valence-electron chi connectivity index (χ4n) is 1.80. The summed E-state index contributed by atoms with van der Waals surface area (Å²) in [5, 5.41) is 19.6. The number of aliphatic hydroxyl groups excluding tert-OH is 1. The van der Waals surface area contributed by atoms with Crippen LogP contribution in [0.15, 0.2) is 18.2 Å². The van der Waals surface area contributed by atoms with E-state index in [0.717, 1.165) is 0 Å². The molecule has 1 aromatic carbocycles. The Balaban J connectivity index is 2.81. The molecule has 1 atom stereocenters. The highest BCUT2D eigenvalue weighted by molar-refractivity contribution is 6.34. The van der Waals surface area contributed by atoms with E-state index in [4.69, 9.17) is 28.5 Å². The predicted molar refractivity (Wildman–Crippen MR) is 78.5 cm³/mol. The topological polar surface area (TPSA) is 64.3 Å². The molecule has 1 unspecified atom stereocenters. The van der Waals surface area contributed by atoms with Gasteiger partial charge in [-0.3, -0.25) is 4.79 Å². The summed E-state index contributed by atoms with van der Waals surface area (Å²) in [6, 6.07) is 6.53. The molecule has 6 heteroatoms. The van der Waals surface area contributed by atoms with E-state index in [2.05, 4.69) is 0 Å². The van der Waals surface area contributed by atoms with Gasteiger partial charge in [-0.2, -0.15) is 5.26 Å². The molecule has 1 aromatic rings. The Morgan fingerprint density at radius 2 is 1.90 bits per heavy atom. The smallest absolute Gasteiger partial charge is 0.226 e. The zero-order valence-electron chi connectivity index (χ0n) is 11.3. The van der Waals surface area contributed by atoms with Crippen LogP contribution in [0.5, 0.6) is 0 Å². The Bertz CT molecular complexity index is 506. The lowest BCUT2D eigenvalue weighted by Gasteiger charge is -2.25. The number of carbonyl (C=O) groups excluding carboxylic acids is 1. The van der Waals surface area contributed by atoms with Crippen molar-refractivity contribution in [2.45, 2.75) is 32.4 Å². The summed E-state index contributed by atoms with van der Waals surface area (Å²) in [4.78, 5) is 13.5. The standard InChI is InChI=1S/C14H16Cl2N2O2/c1-9(2)18(4-3-17)14(20)8-13(19)10-5-11(15)7-12(16)6-10/h5-7,9,13,19H,4,8H2,1-2H3. The first-order valence-electron chi connectivity index (χ1n) is 6.15. The number of nitrogens with zero attached hydrogens (tertiary/aromatic N) is 2. The van der Waals surface area contributed by atoms with Crippen molar-refractivity contribution in [2.24, 2.45) is 0 Å². The molecule has 1 N–H and O–H groups in total. The molecule has 20 heavy (non-hydrogen) atoms. The Hall–Kier alpha value is -1.28. The third kappa shape index (κ3) is 4.68. The van der Waals surface area contributed by atoms with E-state index in [1.165, 1.54) is 4.90 Å². The number of halogens is 2. The first kappa shape index (κ1) is 16.8. The molecular formula is C14H16Cl2N2O2. The molecular weight excluding hydrogens is 299 g/mol. The summed E-state index contributed by atoms with van der Waals surface area (Å²) in [7, 11) is 0. The maximum absolute atomic E-state index is 12.1. The van der Waals surface area contributed by atoms with E-state index < -0.39 is 6.10 Å². The molecule has 0 radical (unpaired) electrons. The molecule has 0 spiro atoms. The number of amides is 1. The second-order valence-electron chi connectivity index (χ2n) is 4.70. The zero-order chi connectivity index (χ0) is 15.3. The maximum atomic E-state index is 12.1. The Morgan fingerprint density at radius 1 is 1.35 bits per heavy atom. The Morgan fingerprint density at radius 3 is 2.35 bits per heavy atom. The van der Waals surface area contributed by atoms with Crippen LogP contribution in [0.25, 0.3) is 0 Å². The minimum atomic E-state index is -1.00. The fourth-order valence-corrected chi connectivity index (χ4v) is 2.35. The molecule has 108 valence electrons. The monoisotopic (exact) mass is 314 g/mol. The third-order valence-electron chi connectivity index (χ3n) is 2.82. The van der Waals surface area contributed by atoms with Crippen molar-refractivity contribution in [3.8, 4) is 6.07 Å². The van der Waals surface area contributed by atoms with Crippen LogP contribution < -0.4 is 0 Å². The largest absolute Gasteiger partial charge is 0.388 e. The van der Waals surface area contributed by atoms with Gasteiger partial charge in [0.15, 0.2) is 0 Å². The number of nitriles is 1. The van der Waals surface area contributed by atoms with Crippen molar-refractivity contribution in [3.63, 3.8) is 0 Å². The summed E-state index contributed by atoms with van der Waals surface area (Å²) in [5.41, 5.74) is 0.483. The number of benzene rings is 1. The van der Waals surface area contributed by atoms with Crippen LogP contribution in [0.4, 0.5) is 0 Å². The van der Waals surface area contributed by atoms with Crippen LogP contribution in [-0.4, -0.2) is 28.5 Å². The summed E-state index contributed by atoms with van der Waals surface area (Å²) >= 11 is 11.7. The van der Waals surface area contributed by atoms with Crippen molar-refractivity contribution in [2.75, 3.05) is 6.54 Å². The number of aliphatic hydroxyl groups is 1. The molecule has 0 aliphatic heterocycles. The number of hydrogen-bond donors (Lipinski definition) is 1. The molecule has 0 aromatic heterocycles. The highest BCUT2D eigenvalue weighted by Crippen LogP contribution is 2.25. The quantitative estimate of drug-likeness (QED) is 0.849. The van der Waals surface area contributed by atoms with E-state index >= 15 is 0 Å². The Kier molecular flexibility index (Phi) is 6.28. The van der Waals surface area contributed by atoms with Gasteiger partial charge in [0.25, 0.3) is 0 Å². The molecule has 0 bridgehead atoms. The van der Waals surface area contributed by atoms with Crippen molar-refractivity contribution in [1.29, 1.82) is 5.26 Å². The van der Waals surface area contributed by atoms with Gasteiger partial charge >= 0.3 is 0 Å². The average molecular weight is 315 g/mol. The molecule has 0 saturated heterocycles. The molecule has 1 amide bonds. The second kappa shape index (κ2) is 7.49. The minimum absolute atomic E-state index is 0.000474. The van der Waals surface area contributed by atoms with Crippen LogP contribution in [-0.2, 0) is 4.79 Å². The lowest BCUT2D eigenvalue weighted by molar-refractivity contribution is -0.134. The number of carbonyl (C=O) groups is 1. The van der Waals surface area contributed by atoms with Gasteiger partial charge in [-0.25, -0.2) is 0 Å². The molecule has 0 aliphatic carbocycles. The van der Waals surface area contributed by atoms with Gasteiger partial charge in [0, 0.05) is 16.1 Å². The molecule has 0 heterocycles. The SMILES string of the molecule is CC(C)N(CC#N)C(=O)CC(O)c1cc(Cl)cc(Cl)c1. The van der Waals surface area contributed by atoms with E-state index in [0.29, 0.717) is 15.6 Å². The maximum Gasteiger partial charge on any atom is 0.226 e. The zero-order valence-corrected chi connectivity index (χ0v) is 12.8. The van der Waals surface area contributed by atoms with Gasteiger partial charge in [-0.05, 0) is 37.6 Å². The first-order valence-corrected chi connectivity index (χ1v) is 6.91. The Labute approximate surface area is 128 Å². The van der Waals surface area contributed by atoms with Gasteiger partial charge in [0.05, 0.1) is 18.6 Å². The van der Waals surface area contributed by atoms with Crippen LogP contribution in [0.2, 0.25) is 10.0 Å². The van der Waals surface area contributed by atoms with Gasteiger partial charge in [0.1, 0.15) is 6.54 Å². The van der Waals surface area contributed by atoms with Gasteiger partial charge in [0.2, 0.25) is 5.91 Å². The van der Waals surface area contributed by atoms with Crippen molar-refractivity contribution in [3.05, 3.63) is 33.8 Å². The van der Waals surface area contributed by atoms with E-state index in [9.17, 15) is 9.90 Å². The van der Waals surface area contributed by atoms with Crippen molar-refractivity contribution < 1.29 is 9.90 Å². The number of hydrogen-bond acceptors (Lipinski definition) is 3. The van der Waals surface area contributed by atoms with E-state index in [-0.39, 0.29) is 24.9 Å². The molecule has 4 nitrogen and oxygen atoms in total. The van der Waals surface area contributed by atoms with Crippen molar-refractivity contribution in [1.82, 2.24) is 4.90 Å². The molecule has 0 fully saturated rings. The fraction of sp³-hybridized carbons (Fsp3) is 0.429. The van der Waals surface area contributed by atoms with Gasteiger partial charge in [-0.1, -0.05) is 23.2 Å². The van der Waals surface area contributed by atoms with Gasteiger partial charge in [-0.15, -0.1) is 0 Å². The summed E-state index contributed by atoms with van der Waals surface area (Å²) in [5.74, 6) is -0.287. The summed E-state index contributed by atoms with van der Waals surface area (Å²) < 4.78 is 0. The van der Waals surface area contributed by atoms with Crippen LogP contribution in [0.1, 0.15) is 31.9 Å². The highest BCUT2D eigenvalue weighted by Gasteiger charge is 2.21. The molecule has 1 rings (SSSR count). The summed E-state index contributed by atoms with van der Waals surface area (Å²) in [6.07, 6.45) is -1.12. The average Bonchev–Trinajstić information content (AvgIpc) is 2.34. The third-order valence-corrected chi connectivity index (χ3v) is 3.26. The van der Waals surface area contributed by atoms with E-state index in [1.807, 2.05) is 19.9 Å². The molecule has 0 saturated carbocycles. The minimum Gasteiger partial charge on any atom is -0.388 e. The lowest BCUT2D eigenvalue weighted by atomic mass is 10.1. The van der Waals surface area contributed by atoms with Crippen LogP contribution >= 0.6 is 23.2 Å². The summed E-state index contributed by atoms with van der Waals surface area (Å²) in [6.45, 7) is 3.63. The van der Waals surface area contributed by atoms with Crippen LogP contribution in [0.3, 0.4) is 0 Å². The normalized spacial score (nSPS) is 12.1. The molecule has 0 aliphatic rings. The first-order chi connectivity index (χ1) is 9.35. The highest BCUT2D eigenvalue weighted by atomic mass is 35.5. The van der Waals surface area contributed by atoms with Crippen molar-refractivity contribution >= 4 is 29.1 Å². The second-order valence-corrected chi connectivity index (χ2v) is 5.57. The predicted octanol–water partition coefficient (Wildman–Crippen LogP) is 3.18. The van der Waals surface area contributed by atoms with Gasteiger partial charge < -0.3 is 10.0 Å². The lowest BCUT2D eigenvalue weighted by Crippen LogP contribution is -2.37. The van der Waals surface area contributed by atoms with E-state index in [1.54, 1.807) is 18.2 Å². The van der Waals surface area contributed by atoms with Crippen LogP contribution in [0, 0.1) is 11.3 Å². The number of rotatable bonds is 5.